The summed E-state index contributed by atoms with van der Waals surface area (Å²) in [5, 5.41) is 11.4. The summed E-state index contributed by atoms with van der Waals surface area (Å²) in [5.74, 6) is 1.36. The molecular weight excluding hydrogens is 465 g/mol. The molecule has 0 N–H and O–H groups in total. The van der Waals surface area contributed by atoms with Gasteiger partial charge >= 0.3 is 7.60 Å². The Morgan fingerprint density at radius 2 is 1.31 bits per heavy atom. The van der Waals surface area contributed by atoms with Crippen LogP contribution in [0, 0.1) is 10.1 Å². The summed E-state index contributed by atoms with van der Waals surface area (Å²) in [5.41, 5.74) is 0.147. The molecule has 4 aromatic carbocycles. The summed E-state index contributed by atoms with van der Waals surface area (Å²) in [6.45, 7) is 0. The molecule has 1 atom stereocenters. The van der Waals surface area contributed by atoms with Gasteiger partial charge in [0.1, 0.15) is 28.7 Å². The molecule has 0 aromatic heterocycles. The lowest BCUT2D eigenvalue weighted by Gasteiger charge is -2.30. The third-order valence-corrected chi connectivity index (χ3v) is 7.45. The Kier molecular flexibility index (Phi) is 6.08. The zero-order chi connectivity index (χ0) is 24.3. The van der Waals surface area contributed by atoms with Gasteiger partial charge < -0.3 is 13.8 Å². The van der Waals surface area contributed by atoms with Crippen LogP contribution in [-0.4, -0.2) is 4.92 Å². The topological polar surface area (TPSA) is 87.9 Å². The standard InChI is InChI=1S/C27H20NO6P/c29-28(30)21-16-17-24-26(18-21)32-25(20-10-4-1-5-11-20)19-27(24)35(31,33-22-12-6-2-7-13-22)34-23-14-8-3-9-15-23/h1-19,27H. The first kappa shape index (κ1) is 22.4. The predicted molar refractivity (Wildman–Crippen MR) is 133 cm³/mol. The van der Waals surface area contributed by atoms with Crippen molar-refractivity contribution in [2.24, 2.45) is 0 Å². The van der Waals surface area contributed by atoms with E-state index in [1.165, 1.54) is 18.2 Å². The van der Waals surface area contributed by atoms with E-state index in [-0.39, 0.29) is 11.4 Å². The van der Waals surface area contributed by atoms with Crippen molar-refractivity contribution in [1.82, 2.24) is 0 Å². The maximum atomic E-state index is 14.6. The van der Waals surface area contributed by atoms with Crippen LogP contribution < -0.4 is 13.8 Å². The number of rotatable bonds is 7. The van der Waals surface area contributed by atoms with E-state index < -0.39 is 18.2 Å². The predicted octanol–water partition coefficient (Wildman–Crippen LogP) is 7.42. The van der Waals surface area contributed by atoms with Gasteiger partial charge in [0.2, 0.25) is 0 Å². The molecule has 174 valence electrons. The van der Waals surface area contributed by atoms with Crippen molar-refractivity contribution in [3.63, 3.8) is 0 Å². The number of hydrogen-bond donors (Lipinski definition) is 0. The summed E-state index contributed by atoms with van der Waals surface area (Å²) in [6, 6.07) is 31.0. The number of allylic oxidation sites excluding steroid dienone is 1. The number of fused-ring (bicyclic) bond motifs is 1. The van der Waals surface area contributed by atoms with Crippen LogP contribution in [0.5, 0.6) is 17.2 Å². The smallest absolute Gasteiger partial charge is 0.442 e. The second-order valence-electron chi connectivity index (χ2n) is 7.77. The molecule has 1 unspecified atom stereocenters. The fourth-order valence-corrected chi connectivity index (χ4v) is 5.73. The van der Waals surface area contributed by atoms with Crippen LogP contribution in [0.2, 0.25) is 0 Å². The van der Waals surface area contributed by atoms with Gasteiger partial charge in [-0.1, -0.05) is 66.7 Å². The van der Waals surface area contributed by atoms with Gasteiger partial charge in [-0.3, -0.25) is 10.1 Å². The highest BCUT2D eigenvalue weighted by atomic mass is 31.2. The number of nitrogens with zero attached hydrogens (tertiary/aromatic N) is 1. The first-order valence-electron chi connectivity index (χ1n) is 10.8. The minimum atomic E-state index is -3.99. The van der Waals surface area contributed by atoms with Crippen molar-refractivity contribution < 1.29 is 23.3 Å². The molecule has 0 fully saturated rings. The average Bonchev–Trinajstić information content (AvgIpc) is 2.89. The maximum Gasteiger partial charge on any atom is 0.442 e. The van der Waals surface area contributed by atoms with Crippen LogP contribution in [0.1, 0.15) is 16.8 Å². The molecule has 0 saturated heterocycles. The number of benzene rings is 4. The molecule has 4 aromatic rings. The van der Waals surface area contributed by atoms with Crippen LogP contribution in [0.4, 0.5) is 5.69 Å². The molecule has 0 amide bonds. The van der Waals surface area contributed by atoms with E-state index in [0.29, 0.717) is 22.8 Å². The van der Waals surface area contributed by atoms with Gasteiger partial charge in [0.05, 0.1) is 11.0 Å². The van der Waals surface area contributed by atoms with Crippen LogP contribution in [0.25, 0.3) is 5.76 Å². The SMILES string of the molecule is O=[N+]([O-])c1ccc2c(c1)OC(c1ccccc1)=CC2P(=O)(Oc1ccccc1)Oc1ccccc1. The van der Waals surface area contributed by atoms with Gasteiger partial charge in [0.25, 0.3) is 5.69 Å². The zero-order valence-electron chi connectivity index (χ0n) is 18.4. The minimum Gasteiger partial charge on any atom is -0.456 e. The van der Waals surface area contributed by atoms with Crippen molar-refractivity contribution in [1.29, 1.82) is 0 Å². The molecule has 0 radical (unpaired) electrons. The van der Waals surface area contributed by atoms with E-state index in [4.69, 9.17) is 13.8 Å². The molecule has 0 saturated carbocycles. The molecular formula is C27H20NO6P. The summed E-state index contributed by atoms with van der Waals surface area (Å²) < 4.78 is 32.8. The van der Waals surface area contributed by atoms with Gasteiger partial charge in [-0.2, -0.15) is 0 Å². The molecule has 0 spiro atoms. The van der Waals surface area contributed by atoms with Crippen molar-refractivity contribution in [3.8, 4) is 17.2 Å². The molecule has 0 aliphatic carbocycles. The second-order valence-corrected chi connectivity index (χ2v) is 9.77. The molecule has 1 aliphatic rings. The van der Waals surface area contributed by atoms with Crippen molar-refractivity contribution >= 4 is 19.0 Å². The number of nitro benzene ring substituents is 1. The Hall–Kier alpha value is -4.35. The number of para-hydroxylation sites is 2. The number of ether oxygens (including phenoxy) is 1. The summed E-state index contributed by atoms with van der Waals surface area (Å²) >= 11 is 0. The molecule has 1 heterocycles. The molecule has 35 heavy (non-hydrogen) atoms. The lowest BCUT2D eigenvalue weighted by molar-refractivity contribution is -0.384. The van der Waals surface area contributed by atoms with E-state index in [9.17, 15) is 14.7 Å². The quantitative estimate of drug-likeness (QED) is 0.154. The van der Waals surface area contributed by atoms with Crippen molar-refractivity contribution in [2.75, 3.05) is 0 Å². The number of nitro groups is 1. The highest BCUT2D eigenvalue weighted by molar-refractivity contribution is 7.55. The fraction of sp³-hybridized carbons (Fsp3) is 0.0370. The Labute approximate surface area is 201 Å². The summed E-state index contributed by atoms with van der Waals surface area (Å²) in [6.07, 6.45) is 1.69. The Balaban J connectivity index is 1.67. The van der Waals surface area contributed by atoms with Gasteiger partial charge in [-0.25, -0.2) is 4.57 Å². The van der Waals surface area contributed by atoms with Crippen LogP contribution >= 0.6 is 7.60 Å². The maximum absolute atomic E-state index is 14.6. The van der Waals surface area contributed by atoms with Crippen LogP contribution in [-0.2, 0) is 4.57 Å². The third-order valence-electron chi connectivity index (χ3n) is 5.41. The highest BCUT2D eigenvalue weighted by Gasteiger charge is 2.44. The summed E-state index contributed by atoms with van der Waals surface area (Å²) in [4.78, 5) is 10.9. The normalized spacial score (nSPS) is 14.7. The number of non-ortho nitro benzene ring substituents is 1. The van der Waals surface area contributed by atoms with E-state index in [0.717, 1.165) is 5.56 Å². The van der Waals surface area contributed by atoms with Crippen LogP contribution in [0.3, 0.4) is 0 Å². The van der Waals surface area contributed by atoms with E-state index >= 15 is 0 Å². The Bertz CT molecular complexity index is 1380. The number of hydrogen-bond acceptors (Lipinski definition) is 6. The fourth-order valence-electron chi connectivity index (χ4n) is 3.76. The minimum absolute atomic E-state index is 0.139. The largest absolute Gasteiger partial charge is 0.456 e. The zero-order valence-corrected chi connectivity index (χ0v) is 19.3. The van der Waals surface area contributed by atoms with E-state index in [1.54, 1.807) is 54.6 Å². The average molecular weight is 485 g/mol. The second kappa shape index (κ2) is 9.49. The Morgan fingerprint density at radius 1 is 0.771 bits per heavy atom. The third kappa shape index (κ3) is 4.81. The van der Waals surface area contributed by atoms with Crippen molar-refractivity contribution in [3.05, 3.63) is 137 Å². The first-order chi connectivity index (χ1) is 17.0. The molecule has 5 rings (SSSR count). The van der Waals surface area contributed by atoms with Crippen molar-refractivity contribution in [2.45, 2.75) is 5.66 Å². The monoisotopic (exact) mass is 485 g/mol. The lowest BCUT2D eigenvalue weighted by Crippen LogP contribution is -2.15. The highest BCUT2D eigenvalue weighted by Crippen LogP contribution is 2.64. The summed E-state index contributed by atoms with van der Waals surface area (Å²) in [7, 11) is -3.99. The lowest BCUT2D eigenvalue weighted by atomic mass is 10.0. The van der Waals surface area contributed by atoms with Crippen LogP contribution in [0.15, 0.2) is 115 Å². The van der Waals surface area contributed by atoms with E-state index in [1.807, 2.05) is 42.5 Å². The molecule has 1 aliphatic heterocycles. The molecule has 7 nitrogen and oxygen atoms in total. The molecule has 0 bridgehead atoms. The molecule has 8 heteroatoms. The van der Waals surface area contributed by atoms with E-state index in [2.05, 4.69) is 0 Å². The van der Waals surface area contributed by atoms with Gasteiger partial charge in [0.15, 0.2) is 0 Å². The van der Waals surface area contributed by atoms with Gasteiger partial charge in [-0.05, 0) is 36.4 Å². The first-order valence-corrected chi connectivity index (χ1v) is 12.5. The van der Waals surface area contributed by atoms with Gasteiger partial charge in [0, 0.05) is 17.2 Å². The van der Waals surface area contributed by atoms with Gasteiger partial charge in [-0.15, -0.1) is 0 Å². The Morgan fingerprint density at radius 3 is 1.86 bits per heavy atom.